The fourth-order valence-corrected chi connectivity index (χ4v) is 4.38. The molecule has 2 aromatic rings. The molecule has 0 radical (unpaired) electrons. The third-order valence-electron chi connectivity index (χ3n) is 4.92. The van der Waals surface area contributed by atoms with Gasteiger partial charge in [0.15, 0.2) is 0 Å². The summed E-state index contributed by atoms with van der Waals surface area (Å²) in [6, 6.07) is 14.0. The summed E-state index contributed by atoms with van der Waals surface area (Å²) in [5.74, 6) is 0. The van der Waals surface area contributed by atoms with Crippen LogP contribution < -0.4 is 0 Å². The monoisotopic (exact) mass is 391 g/mol. The summed E-state index contributed by atoms with van der Waals surface area (Å²) in [5.41, 5.74) is 2.64. The van der Waals surface area contributed by atoms with E-state index in [2.05, 4.69) is 61.0 Å². The first-order valence-electron chi connectivity index (χ1n) is 8.00. The molecule has 2 fully saturated rings. The van der Waals surface area contributed by atoms with Crippen molar-refractivity contribution in [3.8, 4) is 0 Å². The van der Waals surface area contributed by atoms with Crippen LogP contribution in [0, 0.1) is 0 Å². The lowest BCUT2D eigenvalue weighted by molar-refractivity contribution is 0.118. The van der Waals surface area contributed by atoms with Gasteiger partial charge in [-0.15, -0.1) is 0 Å². The summed E-state index contributed by atoms with van der Waals surface area (Å²) in [6.45, 7) is 4.35. The molecule has 2 aliphatic rings. The Kier molecular flexibility index (Phi) is 4.41. The van der Waals surface area contributed by atoms with Gasteiger partial charge in [0, 0.05) is 48.9 Å². The van der Waals surface area contributed by atoms with Crippen molar-refractivity contribution in [1.29, 1.82) is 0 Å². The number of hydrogen-bond donors (Lipinski definition) is 0. The van der Waals surface area contributed by atoms with Gasteiger partial charge in [-0.05, 0) is 35.7 Å². The Morgan fingerprint density at radius 3 is 2.39 bits per heavy atom. The molecule has 2 atom stereocenters. The van der Waals surface area contributed by atoms with Gasteiger partial charge in [-0.25, -0.2) is 4.98 Å². The summed E-state index contributed by atoms with van der Waals surface area (Å²) in [5, 5.41) is 0.567. The second-order valence-electron chi connectivity index (χ2n) is 6.52. The minimum Gasteiger partial charge on any atom is -0.293 e. The Morgan fingerprint density at radius 2 is 1.78 bits per heavy atom. The van der Waals surface area contributed by atoms with Gasteiger partial charge in [0.25, 0.3) is 0 Å². The molecule has 120 valence electrons. The number of nitrogens with zero attached hydrogens (tertiary/aromatic N) is 3. The topological polar surface area (TPSA) is 19.4 Å². The van der Waals surface area contributed by atoms with Crippen LogP contribution in [0.3, 0.4) is 0 Å². The van der Waals surface area contributed by atoms with Crippen LogP contribution >= 0.6 is 27.5 Å². The number of fused-ring (bicyclic) bond motifs is 2. The Labute approximate surface area is 150 Å². The molecule has 2 aliphatic heterocycles. The normalized spacial score (nSPS) is 24.4. The zero-order valence-corrected chi connectivity index (χ0v) is 15.2. The molecule has 23 heavy (non-hydrogen) atoms. The molecule has 0 N–H and O–H groups in total. The molecule has 4 rings (SSSR count). The van der Waals surface area contributed by atoms with Crippen molar-refractivity contribution in [2.24, 2.45) is 0 Å². The Balaban J connectivity index is 1.37. The molecular formula is C18H19BrClN3. The van der Waals surface area contributed by atoms with Gasteiger partial charge in [-0.2, -0.15) is 0 Å². The van der Waals surface area contributed by atoms with Crippen molar-refractivity contribution in [2.45, 2.75) is 31.6 Å². The van der Waals surface area contributed by atoms with E-state index in [1.165, 1.54) is 17.5 Å². The average molecular weight is 393 g/mol. The fourth-order valence-electron chi connectivity index (χ4n) is 3.82. The highest BCUT2D eigenvalue weighted by Crippen LogP contribution is 2.33. The van der Waals surface area contributed by atoms with E-state index < -0.39 is 0 Å². The number of piperazine rings is 1. The van der Waals surface area contributed by atoms with Gasteiger partial charge >= 0.3 is 0 Å². The SMILES string of the molecule is Clc1ccc(CN2CC3CC2CN3Cc2cccc(Br)c2)cn1. The first-order valence-corrected chi connectivity index (χ1v) is 9.17. The second kappa shape index (κ2) is 6.52. The molecule has 2 unspecified atom stereocenters. The molecule has 0 amide bonds. The Hall–Kier alpha value is -0.940. The van der Waals surface area contributed by atoms with Gasteiger partial charge in [0.1, 0.15) is 5.15 Å². The molecule has 0 spiro atoms. The predicted molar refractivity (Wildman–Crippen MR) is 96.4 cm³/mol. The summed E-state index contributed by atoms with van der Waals surface area (Å²) in [4.78, 5) is 9.40. The van der Waals surface area contributed by atoms with E-state index in [1.54, 1.807) is 0 Å². The molecular weight excluding hydrogens is 374 g/mol. The number of halogens is 2. The van der Waals surface area contributed by atoms with Crippen LogP contribution in [0.15, 0.2) is 47.1 Å². The molecule has 3 nitrogen and oxygen atoms in total. The Bertz CT molecular complexity index is 691. The predicted octanol–water partition coefficient (Wildman–Crippen LogP) is 3.96. The van der Waals surface area contributed by atoms with E-state index in [4.69, 9.17) is 11.6 Å². The maximum Gasteiger partial charge on any atom is 0.129 e. The Morgan fingerprint density at radius 1 is 1.04 bits per heavy atom. The van der Waals surface area contributed by atoms with E-state index in [0.29, 0.717) is 17.2 Å². The molecule has 0 aliphatic carbocycles. The van der Waals surface area contributed by atoms with E-state index in [1.807, 2.05) is 12.3 Å². The number of rotatable bonds is 4. The molecule has 1 aromatic heterocycles. The van der Waals surface area contributed by atoms with Crippen LogP contribution in [0.1, 0.15) is 17.5 Å². The number of pyridine rings is 1. The van der Waals surface area contributed by atoms with Crippen molar-refractivity contribution >= 4 is 27.5 Å². The van der Waals surface area contributed by atoms with Crippen LogP contribution in [0.4, 0.5) is 0 Å². The van der Waals surface area contributed by atoms with Gasteiger partial charge in [-0.3, -0.25) is 9.80 Å². The first-order chi connectivity index (χ1) is 11.2. The smallest absolute Gasteiger partial charge is 0.129 e. The van der Waals surface area contributed by atoms with Crippen molar-refractivity contribution in [1.82, 2.24) is 14.8 Å². The van der Waals surface area contributed by atoms with E-state index in [9.17, 15) is 0 Å². The third-order valence-corrected chi connectivity index (χ3v) is 5.63. The first kappa shape index (κ1) is 15.6. The summed E-state index contributed by atoms with van der Waals surface area (Å²) < 4.78 is 1.16. The lowest BCUT2D eigenvalue weighted by Crippen LogP contribution is -2.45. The molecule has 0 saturated carbocycles. The number of benzene rings is 1. The van der Waals surface area contributed by atoms with E-state index >= 15 is 0 Å². The van der Waals surface area contributed by atoms with Crippen LogP contribution in [0.25, 0.3) is 0 Å². The summed E-state index contributed by atoms with van der Waals surface area (Å²) >= 11 is 9.43. The van der Waals surface area contributed by atoms with Crippen molar-refractivity contribution in [3.05, 3.63) is 63.3 Å². The minimum atomic E-state index is 0.567. The largest absolute Gasteiger partial charge is 0.293 e. The number of hydrogen-bond acceptors (Lipinski definition) is 3. The molecule has 2 saturated heterocycles. The van der Waals surface area contributed by atoms with Gasteiger partial charge in [0.05, 0.1) is 0 Å². The van der Waals surface area contributed by atoms with Gasteiger partial charge in [-0.1, -0.05) is 45.7 Å². The van der Waals surface area contributed by atoms with Crippen LogP contribution in [-0.4, -0.2) is 40.0 Å². The van der Waals surface area contributed by atoms with E-state index in [0.717, 1.165) is 30.7 Å². The highest BCUT2D eigenvalue weighted by atomic mass is 79.9. The van der Waals surface area contributed by atoms with Crippen molar-refractivity contribution in [3.63, 3.8) is 0 Å². The average Bonchev–Trinajstić information content (AvgIpc) is 3.09. The highest BCUT2D eigenvalue weighted by molar-refractivity contribution is 9.10. The van der Waals surface area contributed by atoms with E-state index in [-0.39, 0.29) is 0 Å². The maximum atomic E-state index is 5.86. The highest BCUT2D eigenvalue weighted by Gasteiger charge is 2.42. The third kappa shape index (κ3) is 3.45. The van der Waals surface area contributed by atoms with Crippen molar-refractivity contribution in [2.75, 3.05) is 13.1 Å². The zero-order valence-electron chi connectivity index (χ0n) is 12.8. The second-order valence-corrected chi connectivity index (χ2v) is 7.82. The lowest BCUT2D eigenvalue weighted by atomic mass is 10.2. The van der Waals surface area contributed by atoms with Gasteiger partial charge in [0.2, 0.25) is 0 Å². The quantitative estimate of drug-likeness (QED) is 0.734. The molecule has 5 heteroatoms. The molecule has 2 bridgehead atoms. The van der Waals surface area contributed by atoms with Crippen LogP contribution in [0.5, 0.6) is 0 Å². The van der Waals surface area contributed by atoms with Gasteiger partial charge < -0.3 is 0 Å². The number of likely N-dealkylation sites (tertiary alicyclic amines) is 2. The fraction of sp³-hybridized carbons (Fsp3) is 0.389. The maximum absolute atomic E-state index is 5.86. The van der Waals surface area contributed by atoms with Crippen LogP contribution in [-0.2, 0) is 13.1 Å². The molecule has 3 heterocycles. The summed E-state index contributed by atoms with van der Waals surface area (Å²) in [7, 11) is 0. The number of aromatic nitrogens is 1. The summed E-state index contributed by atoms with van der Waals surface area (Å²) in [6.07, 6.45) is 3.18. The standard InChI is InChI=1S/C18H19BrClN3/c19-15-3-1-2-13(6-15)9-22-11-17-7-16(22)12-23(17)10-14-4-5-18(20)21-8-14/h1-6,8,16-17H,7,9-12H2. The lowest BCUT2D eigenvalue weighted by Gasteiger charge is -2.34. The van der Waals surface area contributed by atoms with Crippen LogP contribution in [0.2, 0.25) is 5.15 Å². The molecule has 1 aromatic carbocycles. The zero-order chi connectivity index (χ0) is 15.8. The minimum absolute atomic E-state index is 0.567. The van der Waals surface area contributed by atoms with Crippen molar-refractivity contribution < 1.29 is 0 Å².